The molecule has 3 aromatic carbocycles. The first kappa shape index (κ1) is 23.3. The van der Waals surface area contributed by atoms with E-state index in [1.165, 1.54) is 12.1 Å². The van der Waals surface area contributed by atoms with Gasteiger partial charge in [0.2, 0.25) is 11.8 Å². The zero-order chi connectivity index (χ0) is 25.1. The van der Waals surface area contributed by atoms with Crippen LogP contribution in [0.25, 0.3) is 11.3 Å². The minimum atomic E-state index is -0.552. The monoisotopic (exact) mass is 484 g/mol. The largest absolute Gasteiger partial charge is 0.495 e. The molecule has 182 valence electrons. The van der Waals surface area contributed by atoms with Crippen LogP contribution < -0.4 is 15.0 Å². The smallest absolute Gasteiger partial charge is 0.230 e. The Morgan fingerprint density at radius 2 is 1.78 bits per heavy atom. The molecule has 8 heteroatoms. The minimum absolute atomic E-state index is 0.0859. The van der Waals surface area contributed by atoms with E-state index in [-0.39, 0.29) is 30.6 Å². The number of rotatable bonds is 7. The number of carbonyl (C=O) groups excluding carboxylic acids is 2. The van der Waals surface area contributed by atoms with Crippen LogP contribution in [0.3, 0.4) is 0 Å². The van der Waals surface area contributed by atoms with Crippen molar-refractivity contribution in [2.24, 2.45) is 5.92 Å². The highest BCUT2D eigenvalue weighted by Crippen LogP contribution is 2.34. The van der Waals surface area contributed by atoms with Crippen molar-refractivity contribution >= 4 is 23.3 Å². The fourth-order valence-corrected chi connectivity index (χ4v) is 4.42. The van der Waals surface area contributed by atoms with Crippen molar-refractivity contribution in [3.8, 4) is 17.0 Å². The molecular formula is C28H25FN4O3. The number of ether oxygens (including phenoxy) is 1. The molecule has 7 nitrogen and oxygen atoms in total. The number of aromatic nitrogens is 2. The van der Waals surface area contributed by atoms with Crippen molar-refractivity contribution in [2.75, 3.05) is 23.9 Å². The Labute approximate surface area is 208 Å². The van der Waals surface area contributed by atoms with Gasteiger partial charge in [0.05, 0.1) is 31.6 Å². The highest BCUT2D eigenvalue weighted by molar-refractivity contribution is 6.04. The molecule has 36 heavy (non-hydrogen) atoms. The van der Waals surface area contributed by atoms with Crippen LogP contribution in [0.2, 0.25) is 0 Å². The van der Waals surface area contributed by atoms with Gasteiger partial charge in [-0.05, 0) is 42.0 Å². The molecule has 1 atom stereocenters. The fraction of sp³-hybridized carbons (Fsp3) is 0.179. The Morgan fingerprint density at radius 3 is 2.53 bits per heavy atom. The van der Waals surface area contributed by atoms with E-state index in [2.05, 4.69) is 10.3 Å². The summed E-state index contributed by atoms with van der Waals surface area (Å²) < 4.78 is 20.8. The predicted octanol–water partition coefficient (Wildman–Crippen LogP) is 4.74. The number of anilines is 2. The first-order chi connectivity index (χ1) is 17.5. The number of amides is 2. The van der Waals surface area contributed by atoms with Crippen molar-refractivity contribution in [3.63, 3.8) is 0 Å². The molecule has 5 rings (SSSR count). The first-order valence-corrected chi connectivity index (χ1v) is 11.6. The number of nitrogens with zero attached hydrogens (tertiary/aromatic N) is 3. The first-order valence-electron chi connectivity index (χ1n) is 11.6. The summed E-state index contributed by atoms with van der Waals surface area (Å²) in [4.78, 5) is 32.3. The highest BCUT2D eigenvalue weighted by Gasteiger charge is 2.37. The highest BCUT2D eigenvalue weighted by atomic mass is 19.1. The van der Waals surface area contributed by atoms with E-state index in [4.69, 9.17) is 4.74 Å². The molecule has 1 aromatic heterocycles. The predicted molar refractivity (Wildman–Crippen MR) is 135 cm³/mol. The Bertz CT molecular complexity index is 1390. The molecular weight excluding hydrogens is 459 g/mol. The summed E-state index contributed by atoms with van der Waals surface area (Å²) in [5.74, 6) is -0.252. The lowest BCUT2D eigenvalue weighted by Gasteiger charge is -2.19. The third-order valence-electron chi connectivity index (χ3n) is 6.26. The van der Waals surface area contributed by atoms with Crippen molar-refractivity contribution in [3.05, 3.63) is 96.6 Å². The number of methoxy groups -OCH3 is 1. The molecule has 2 amide bonds. The Hall–Kier alpha value is -4.46. The molecule has 0 saturated carbocycles. The number of imidazole rings is 1. The lowest BCUT2D eigenvalue weighted by Crippen LogP contribution is -2.29. The fourth-order valence-electron chi connectivity index (χ4n) is 4.42. The SMILES string of the molecule is COc1ccccc1N1CC(C(=O)Nc2c(-c3ccc(F)cc3)ncn2Cc2ccccc2)CC1=O. The minimum Gasteiger partial charge on any atom is -0.495 e. The topological polar surface area (TPSA) is 76.5 Å². The lowest BCUT2D eigenvalue weighted by molar-refractivity contribution is -0.122. The summed E-state index contributed by atoms with van der Waals surface area (Å²) in [6.45, 7) is 0.728. The maximum atomic E-state index is 13.5. The van der Waals surface area contributed by atoms with Gasteiger partial charge in [0.1, 0.15) is 23.1 Å². The van der Waals surface area contributed by atoms with E-state index in [0.717, 1.165) is 5.56 Å². The zero-order valence-corrected chi connectivity index (χ0v) is 19.7. The number of hydrogen-bond acceptors (Lipinski definition) is 4. The standard InChI is InChI=1S/C28H25FN4O3/c1-36-24-10-6-5-9-23(24)33-17-21(15-25(33)34)28(35)31-27-26(20-11-13-22(29)14-12-20)30-18-32(27)16-19-7-3-2-4-8-19/h2-14,18,21H,15-17H2,1H3,(H,31,35). The van der Waals surface area contributed by atoms with E-state index in [9.17, 15) is 14.0 Å². The number of benzene rings is 3. The van der Waals surface area contributed by atoms with Gasteiger partial charge in [-0.1, -0.05) is 42.5 Å². The van der Waals surface area contributed by atoms with E-state index in [1.807, 2.05) is 47.0 Å². The molecule has 1 unspecified atom stereocenters. The molecule has 0 radical (unpaired) electrons. The molecule has 4 aromatic rings. The third-order valence-corrected chi connectivity index (χ3v) is 6.26. The van der Waals surface area contributed by atoms with Gasteiger partial charge >= 0.3 is 0 Å². The van der Waals surface area contributed by atoms with Gasteiger partial charge in [-0.2, -0.15) is 0 Å². The second kappa shape index (κ2) is 10.0. The van der Waals surface area contributed by atoms with Gasteiger partial charge < -0.3 is 19.5 Å². The summed E-state index contributed by atoms with van der Waals surface area (Å²) in [7, 11) is 1.55. The third kappa shape index (κ3) is 4.70. The van der Waals surface area contributed by atoms with Crippen LogP contribution in [0.15, 0.2) is 85.2 Å². The van der Waals surface area contributed by atoms with Gasteiger partial charge in [0, 0.05) is 18.5 Å². The van der Waals surface area contributed by atoms with Gasteiger partial charge in [-0.15, -0.1) is 0 Å². The molecule has 1 fully saturated rings. The van der Waals surface area contributed by atoms with Crippen LogP contribution in [0, 0.1) is 11.7 Å². The van der Waals surface area contributed by atoms with Gasteiger partial charge in [0.25, 0.3) is 0 Å². The van der Waals surface area contributed by atoms with E-state index < -0.39 is 5.92 Å². The van der Waals surface area contributed by atoms with Crippen molar-refractivity contribution in [1.82, 2.24) is 9.55 Å². The maximum Gasteiger partial charge on any atom is 0.230 e. The van der Waals surface area contributed by atoms with E-state index >= 15 is 0 Å². The molecule has 2 heterocycles. The summed E-state index contributed by atoms with van der Waals surface area (Å²) in [5, 5.41) is 3.01. The second-order valence-electron chi connectivity index (χ2n) is 8.63. The van der Waals surface area contributed by atoms with Crippen molar-refractivity contribution < 1.29 is 18.7 Å². The molecule has 1 saturated heterocycles. The molecule has 1 N–H and O–H groups in total. The number of nitrogens with one attached hydrogen (secondary N) is 1. The van der Waals surface area contributed by atoms with Crippen LogP contribution in [0.1, 0.15) is 12.0 Å². The average Bonchev–Trinajstić information content (AvgIpc) is 3.48. The number of para-hydroxylation sites is 2. The van der Waals surface area contributed by atoms with Crippen LogP contribution in [0.5, 0.6) is 5.75 Å². The van der Waals surface area contributed by atoms with Crippen LogP contribution in [-0.2, 0) is 16.1 Å². The zero-order valence-electron chi connectivity index (χ0n) is 19.7. The van der Waals surface area contributed by atoms with Crippen molar-refractivity contribution in [1.29, 1.82) is 0 Å². The Kier molecular flexibility index (Phi) is 6.49. The summed E-state index contributed by atoms with van der Waals surface area (Å²) in [5.41, 5.74) is 2.89. The molecule has 1 aliphatic rings. The van der Waals surface area contributed by atoms with Crippen LogP contribution in [0.4, 0.5) is 15.9 Å². The van der Waals surface area contributed by atoms with E-state index in [1.54, 1.807) is 42.6 Å². The maximum absolute atomic E-state index is 13.5. The second-order valence-corrected chi connectivity index (χ2v) is 8.63. The normalized spacial score (nSPS) is 15.2. The van der Waals surface area contributed by atoms with Crippen molar-refractivity contribution in [2.45, 2.75) is 13.0 Å². The van der Waals surface area contributed by atoms with Gasteiger partial charge in [-0.25, -0.2) is 9.37 Å². The van der Waals surface area contributed by atoms with Crippen LogP contribution >= 0.6 is 0 Å². The summed E-state index contributed by atoms with van der Waals surface area (Å²) >= 11 is 0. The van der Waals surface area contributed by atoms with Crippen LogP contribution in [-0.4, -0.2) is 35.0 Å². The number of hydrogen-bond donors (Lipinski definition) is 1. The molecule has 0 spiro atoms. The quantitative estimate of drug-likeness (QED) is 0.411. The molecule has 1 aliphatic heterocycles. The average molecular weight is 485 g/mol. The number of halogens is 1. The molecule has 0 bridgehead atoms. The van der Waals surface area contributed by atoms with E-state index in [0.29, 0.717) is 35.1 Å². The van der Waals surface area contributed by atoms with Gasteiger partial charge in [-0.3, -0.25) is 9.59 Å². The Morgan fingerprint density at radius 1 is 1.06 bits per heavy atom. The summed E-state index contributed by atoms with van der Waals surface area (Å²) in [6.07, 6.45) is 1.74. The Balaban J connectivity index is 1.42. The lowest BCUT2D eigenvalue weighted by atomic mass is 10.1. The molecule has 0 aliphatic carbocycles. The van der Waals surface area contributed by atoms with Gasteiger partial charge in [0.15, 0.2) is 0 Å². The summed E-state index contributed by atoms with van der Waals surface area (Å²) in [6, 6.07) is 23.0. The number of carbonyl (C=O) groups is 2.